The van der Waals surface area contributed by atoms with Gasteiger partial charge in [0.25, 0.3) is 0 Å². The van der Waals surface area contributed by atoms with Crippen molar-refractivity contribution in [3.05, 3.63) is 41.5 Å². The number of esters is 1. The predicted octanol–water partition coefficient (Wildman–Crippen LogP) is 2.56. The SMILES string of the molecule is CCc1c(C(=O)OC)nnn1CCSc1ccc(F)cc1. The maximum absolute atomic E-state index is 12.8. The molecule has 1 aromatic heterocycles. The van der Waals surface area contributed by atoms with E-state index in [0.29, 0.717) is 13.0 Å². The van der Waals surface area contributed by atoms with Crippen LogP contribution in [0, 0.1) is 5.82 Å². The number of hydrogen-bond acceptors (Lipinski definition) is 5. The van der Waals surface area contributed by atoms with Gasteiger partial charge in [0.05, 0.1) is 19.3 Å². The van der Waals surface area contributed by atoms with Gasteiger partial charge in [-0.1, -0.05) is 12.1 Å². The molecule has 21 heavy (non-hydrogen) atoms. The van der Waals surface area contributed by atoms with Crippen molar-refractivity contribution in [2.24, 2.45) is 0 Å². The van der Waals surface area contributed by atoms with Crippen LogP contribution >= 0.6 is 11.8 Å². The molecule has 0 bridgehead atoms. The van der Waals surface area contributed by atoms with Crippen LogP contribution in [0.5, 0.6) is 0 Å². The van der Waals surface area contributed by atoms with E-state index in [9.17, 15) is 9.18 Å². The van der Waals surface area contributed by atoms with E-state index in [4.69, 9.17) is 0 Å². The summed E-state index contributed by atoms with van der Waals surface area (Å²) in [5.41, 5.74) is 1.04. The molecule has 0 aliphatic rings. The van der Waals surface area contributed by atoms with Gasteiger partial charge in [0.2, 0.25) is 0 Å². The molecule has 0 N–H and O–H groups in total. The van der Waals surface area contributed by atoms with Crippen molar-refractivity contribution in [2.45, 2.75) is 24.8 Å². The lowest BCUT2D eigenvalue weighted by molar-refractivity contribution is 0.0592. The Labute approximate surface area is 126 Å². The van der Waals surface area contributed by atoms with Crippen molar-refractivity contribution in [1.29, 1.82) is 0 Å². The lowest BCUT2D eigenvalue weighted by Crippen LogP contribution is -2.10. The molecule has 0 unspecified atom stereocenters. The summed E-state index contributed by atoms with van der Waals surface area (Å²) in [6.07, 6.45) is 0.651. The molecule has 1 aromatic carbocycles. The topological polar surface area (TPSA) is 57.0 Å². The third kappa shape index (κ3) is 3.81. The lowest BCUT2D eigenvalue weighted by atomic mass is 10.2. The summed E-state index contributed by atoms with van der Waals surface area (Å²) in [4.78, 5) is 12.5. The van der Waals surface area contributed by atoms with Crippen LogP contribution in [-0.4, -0.2) is 33.8 Å². The van der Waals surface area contributed by atoms with Crippen LogP contribution in [0.3, 0.4) is 0 Å². The Morgan fingerprint density at radius 3 is 2.71 bits per heavy atom. The fraction of sp³-hybridized carbons (Fsp3) is 0.357. The molecule has 0 radical (unpaired) electrons. The summed E-state index contributed by atoms with van der Waals surface area (Å²) < 4.78 is 19.2. The number of carbonyl (C=O) groups excluding carboxylic acids is 1. The van der Waals surface area contributed by atoms with Crippen molar-refractivity contribution < 1.29 is 13.9 Å². The number of benzene rings is 1. The van der Waals surface area contributed by atoms with Gasteiger partial charge >= 0.3 is 5.97 Å². The minimum absolute atomic E-state index is 0.244. The maximum Gasteiger partial charge on any atom is 0.360 e. The standard InChI is InChI=1S/C14H16FN3O2S/c1-3-12-13(14(19)20-2)16-17-18(12)8-9-21-11-6-4-10(15)5-7-11/h4-7H,3,8-9H2,1-2H3. The fourth-order valence-electron chi connectivity index (χ4n) is 1.90. The predicted molar refractivity (Wildman–Crippen MR) is 77.9 cm³/mol. The zero-order valence-electron chi connectivity index (χ0n) is 11.9. The summed E-state index contributed by atoms with van der Waals surface area (Å²) >= 11 is 1.60. The first kappa shape index (κ1) is 15.5. The van der Waals surface area contributed by atoms with E-state index in [2.05, 4.69) is 15.0 Å². The minimum atomic E-state index is -0.468. The summed E-state index contributed by atoms with van der Waals surface area (Å²) in [5, 5.41) is 7.87. The fourth-order valence-corrected chi connectivity index (χ4v) is 2.73. The molecule has 0 saturated carbocycles. The second kappa shape index (κ2) is 7.21. The van der Waals surface area contributed by atoms with E-state index in [1.165, 1.54) is 19.2 Å². The number of rotatable bonds is 6. The van der Waals surface area contributed by atoms with Gasteiger partial charge in [-0.3, -0.25) is 0 Å². The molecule has 0 saturated heterocycles. The zero-order chi connectivity index (χ0) is 15.2. The monoisotopic (exact) mass is 309 g/mol. The number of hydrogen-bond donors (Lipinski definition) is 0. The molecular formula is C14H16FN3O2S. The normalized spacial score (nSPS) is 10.6. The minimum Gasteiger partial charge on any atom is -0.464 e. The lowest BCUT2D eigenvalue weighted by Gasteiger charge is -2.05. The molecule has 5 nitrogen and oxygen atoms in total. The molecule has 112 valence electrons. The van der Waals surface area contributed by atoms with Crippen LogP contribution in [0.1, 0.15) is 23.1 Å². The van der Waals surface area contributed by atoms with Crippen LogP contribution in [0.2, 0.25) is 0 Å². The largest absolute Gasteiger partial charge is 0.464 e. The van der Waals surface area contributed by atoms with Gasteiger partial charge in [0.15, 0.2) is 5.69 Å². The van der Waals surface area contributed by atoms with Crippen LogP contribution in [0.25, 0.3) is 0 Å². The Bertz CT molecular complexity index is 613. The second-order valence-electron chi connectivity index (χ2n) is 4.26. The highest BCUT2D eigenvalue weighted by molar-refractivity contribution is 7.99. The first-order chi connectivity index (χ1) is 10.2. The van der Waals surface area contributed by atoms with Gasteiger partial charge < -0.3 is 4.74 Å². The summed E-state index contributed by atoms with van der Waals surface area (Å²) in [6.45, 7) is 2.56. The first-order valence-corrected chi connectivity index (χ1v) is 7.53. The summed E-state index contributed by atoms with van der Waals surface area (Å²) in [7, 11) is 1.32. The Morgan fingerprint density at radius 2 is 2.10 bits per heavy atom. The van der Waals surface area contributed by atoms with E-state index >= 15 is 0 Å². The average molecular weight is 309 g/mol. The highest BCUT2D eigenvalue weighted by Gasteiger charge is 2.18. The van der Waals surface area contributed by atoms with E-state index < -0.39 is 5.97 Å². The third-order valence-corrected chi connectivity index (χ3v) is 3.93. The molecule has 7 heteroatoms. The van der Waals surface area contributed by atoms with Crippen LogP contribution in [0.15, 0.2) is 29.2 Å². The van der Waals surface area contributed by atoms with E-state index in [1.807, 2.05) is 6.92 Å². The molecule has 0 amide bonds. The van der Waals surface area contributed by atoms with Crippen molar-refractivity contribution in [2.75, 3.05) is 12.9 Å². The van der Waals surface area contributed by atoms with Crippen molar-refractivity contribution >= 4 is 17.7 Å². The van der Waals surface area contributed by atoms with Gasteiger partial charge in [0.1, 0.15) is 5.82 Å². The van der Waals surface area contributed by atoms with Crippen molar-refractivity contribution in [3.8, 4) is 0 Å². The van der Waals surface area contributed by atoms with Gasteiger partial charge in [-0.2, -0.15) is 0 Å². The van der Waals surface area contributed by atoms with Gasteiger partial charge in [-0.25, -0.2) is 13.9 Å². The molecule has 2 aromatic rings. The first-order valence-electron chi connectivity index (χ1n) is 6.54. The summed E-state index contributed by atoms with van der Waals surface area (Å²) in [6, 6.07) is 6.35. The van der Waals surface area contributed by atoms with Crippen LogP contribution in [0.4, 0.5) is 4.39 Å². The number of thioether (sulfide) groups is 1. The second-order valence-corrected chi connectivity index (χ2v) is 5.42. The highest BCUT2D eigenvalue weighted by Crippen LogP contribution is 2.19. The number of carbonyl (C=O) groups is 1. The summed E-state index contributed by atoms with van der Waals surface area (Å²) in [5.74, 6) is 0.0405. The maximum atomic E-state index is 12.8. The average Bonchev–Trinajstić information content (AvgIpc) is 2.91. The van der Waals surface area contributed by atoms with Gasteiger partial charge in [-0.15, -0.1) is 16.9 Å². The number of ether oxygens (including phenoxy) is 1. The quantitative estimate of drug-likeness (QED) is 0.606. The van der Waals surface area contributed by atoms with Crippen LogP contribution in [-0.2, 0) is 17.7 Å². The molecule has 0 atom stereocenters. The Morgan fingerprint density at radius 1 is 1.38 bits per heavy atom. The van der Waals surface area contributed by atoms with Gasteiger partial charge in [0, 0.05) is 10.6 Å². The Kier molecular flexibility index (Phi) is 5.32. The van der Waals surface area contributed by atoms with Crippen molar-refractivity contribution in [1.82, 2.24) is 15.0 Å². The highest BCUT2D eigenvalue weighted by atomic mass is 32.2. The number of aromatic nitrogens is 3. The van der Waals surface area contributed by atoms with E-state index in [0.717, 1.165) is 16.3 Å². The molecule has 1 heterocycles. The zero-order valence-corrected chi connectivity index (χ0v) is 12.7. The molecule has 2 rings (SSSR count). The molecule has 0 aliphatic carbocycles. The van der Waals surface area contributed by atoms with Crippen LogP contribution < -0.4 is 0 Å². The molecule has 0 spiro atoms. The number of aryl methyl sites for hydroxylation is 1. The molecular weight excluding hydrogens is 293 g/mol. The molecule has 0 fully saturated rings. The Balaban J connectivity index is 1.98. The van der Waals surface area contributed by atoms with Gasteiger partial charge in [-0.05, 0) is 30.7 Å². The smallest absolute Gasteiger partial charge is 0.360 e. The third-order valence-electron chi connectivity index (χ3n) is 2.94. The Hall–Kier alpha value is -1.89. The van der Waals surface area contributed by atoms with E-state index in [-0.39, 0.29) is 11.5 Å². The molecule has 0 aliphatic heterocycles. The number of nitrogens with zero attached hydrogens (tertiary/aromatic N) is 3. The number of methoxy groups -OCH3 is 1. The van der Waals surface area contributed by atoms with E-state index in [1.54, 1.807) is 28.6 Å². The number of halogens is 1. The van der Waals surface area contributed by atoms with Crippen molar-refractivity contribution in [3.63, 3.8) is 0 Å².